The van der Waals surface area contributed by atoms with Crippen molar-refractivity contribution in [3.8, 4) is 0 Å². The second kappa shape index (κ2) is 5.24. The first-order chi connectivity index (χ1) is 6.74. The van der Waals surface area contributed by atoms with E-state index in [4.69, 9.17) is 15.9 Å². The summed E-state index contributed by atoms with van der Waals surface area (Å²) in [4.78, 5) is 0. The molecule has 0 aliphatic heterocycles. The molecule has 0 fully saturated rings. The molecule has 0 amide bonds. The van der Waals surface area contributed by atoms with E-state index < -0.39 is 0 Å². The van der Waals surface area contributed by atoms with Gasteiger partial charge in [0, 0.05) is 24.9 Å². The Kier molecular flexibility index (Phi) is 3.94. The fraction of sp³-hybridized carbons (Fsp3) is 0.300. The van der Waals surface area contributed by atoms with Crippen molar-refractivity contribution in [1.82, 2.24) is 0 Å². The van der Waals surface area contributed by atoms with Crippen LogP contribution in [0.2, 0.25) is 0 Å². The van der Waals surface area contributed by atoms with Gasteiger partial charge in [0.05, 0.1) is 6.61 Å². The van der Waals surface area contributed by atoms with Gasteiger partial charge in [-0.05, 0) is 24.3 Å². The molecule has 1 rings (SSSR count). The maximum Gasteiger partial charge on any atom is 0.122 e. The highest BCUT2D eigenvalue weighted by molar-refractivity contribution is 5.95. The third-order valence-electron chi connectivity index (χ3n) is 1.83. The molecular weight excluding hydrogens is 178 g/mol. The van der Waals surface area contributed by atoms with Gasteiger partial charge >= 0.3 is 0 Å². The number of hydrogen-bond donors (Lipinski definition) is 3. The summed E-state index contributed by atoms with van der Waals surface area (Å²) in [6, 6.07) is 7.42. The van der Waals surface area contributed by atoms with Crippen molar-refractivity contribution in [1.29, 1.82) is 5.41 Å². The molecule has 0 saturated carbocycles. The molecule has 0 aromatic heterocycles. The first-order valence-electron chi connectivity index (χ1n) is 4.41. The Morgan fingerprint density at radius 2 is 2.07 bits per heavy atom. The van der Waals surface area contributed by atoms with E-state index in [1.807, 2.05) is 24.3 Å². The molecule has 0 unspecified atom stereocenters. The van der Waals surface area contributed by atoms with E-state index in [9.17, 15) is 0 Å². The molecular formula is C10H15N3O. The third-order valence-corrected chi connectivity index (χ3v) is 1.83. The van der Waals surface area contributed by atoms with Gasteiger partial charge in [0.25, 0.3) is 0 Å². The minimum atomic E-state index is 0.0911. The summed E-state index contributed by atoms with van der Waals surface area (Å²) in [5.41, 5.74) is 7.07. The molecule has 0 spiro atoms. The number of hydrogen-bond acceptors (Lipinski definition) is 3. The van der Waals surface area contributed by atoms with E-state index in [1.54, 1.807) is 7.11 Å². The maximum absolute atomic E-state index is 7.21. The fourth-order valence-corrected chi connectivity index (χ4v) is 1.07. The number of ether oxygens (including phenoxy) is 1. The molecule has 0 saturated heterocycles. The summed E-state index contributed by atoms with van der Waals surface area (Å²) in [6.07, 6.45) is 0. The molecule has 0 radical (unpaired) electrons. The molecule has 76 valence electrons. The van der Waals surface area contributed by atoms with Crippen LogP contribution in [0, 0.1) is 5.41 Å². The standard InChI is InChI=1S/C10H15N3O/c1-14-7-6-13-9-4-2-8(3-5-9)10(11)12/h2-5,13H,6-7H2,1H3,(H3,11,12). The number of rotatable bonds is 5. The van der Waals surface area contributed by atoms with Gasteiger partial charge < -0.3 is 15.8 Å². The molecule has 0 atom stereocenters. The number of nitrogens with two attached hydrogens (primary N) is 1. The fourth-order valence-electron chi connectivity index (χ4n) is 1.07. The van der Waals surface area contributed by atoms with E-state index in [2.05, 4.69) is 5.32 Å². The lowest BCUT2D eigenvalue weighted by Gasteiger charge is -2.06. The van der Waals surface area contributed by atoms with Crippen molar-refractivity contribution in [2.24, 2.45) is 5.73 Å². The van der Waals surface area contributed by atoms with E-state index in [-0.39, 0.29) is 5.84 Å². The monoisotopic (exact) mass is 193 g/mol. The van der Waals surface area contributed by atoms with Crippen molar-refractivity contribution >= 4 is 11.5 Å². The summed E-state index contributed by atoms with van der Waals surface area (Å²) in [5.74, 6) is 0.0911. The summed E-state index contributed by atoms with van der Waals surface area (Å²) in [7, 11) is 1.67. The third kappa shape index (κ3) is 3.06. The number of anilines is 1. The van der Waals surface area contributed by atoms with Gasteiger partial charge in [0.2, 0.25) is 0 Å². The van der Waals surface area contributed by atoms with Crippen LogP contribution in [0.5, 0.6) is 0 Å². The van der Waals surface area contributed by atoms with Crippen LogP contribution in [0.1, 0.15) is 5.56 Å². The Morgan fingerprint density at radius 1 is 1.43 bits per heavy atom. The van der Waals surface area contributed by atoms with Crippen molar-refractivity contribution in [2.45, 2.75) is 0 Å². The summed E-state index contributed by atoms with van der Waals surface area (Å²) < 4.78 is 4.91. The zero-order chi connectivity index (χ0) is 10.4. The normalized spacial score (nSPS) is 9.79. The van der Waals surface area contributed by atoms with Crippen molar-refractivity contribution < 1.29 is 4.74 Å². The zero-order valence-electron chi connectivity index (χ0n) is 8.21. The largest absolute Gasteiger partial charge is 0.384 e. The van der Waals surface area contributed by atoms with E-state index in [0.29, 0.717) is 6.61 Å². The Hall–Kier alpha value is -1.55. The van der Waals surface area contributed by atoms with Gasteiger partial charge in [0.1, 0.15) is 5.84 Å². The minimum absolute atomic E-state index is 0.0911. The predicted molar refractivity (Wildman–Crippen MR) is 57.8 cm³/mol. The number of nitrogen functional groups attached to an aromatic ring is 1. The summed E-state index contributed by atoms with van der Waals surface area (Å²) in [6.45, 7) is 1.45. The molecule has 1 aromatic carbocycles. The van der Waals surface area contributed by atoms with Crippen LogP contribution in [0.25, 0.3) is 0 Å². The first-order valence-corrected chi connectivity index (χ1v) is 4.41. The van der Waals surface area contributed by atoms with Crippen LogP contribution >= 0.6 is 0 Å². The maximum atomic E-state index is 7.21. The summed E-state index contributed by atoms with van der Waals surface area (Å²) in [5, 5.41) is 10.4. The van der Waals surface area contributed by atoms with Gasteiger partial charge in [-0.15, -0.1) is 0 Å². The van der Waals surface area contributed by atoms with Crippen molar-refractivity contribution in [3.05, 3.63) is 29.8 Å². The molecule has 1 aromatic rings. The number of nitrogens with one attached hydrogen (secondary N) is 2. The molecule has 0 bridgehead atoms. The van der Waals surface area contributed by atoms with Crippen molar-refractivity contribution in [2.75, 3.05) is 25.6 Å². The second-order valence-electron chi connectivity index (χ2n) is 2.91. The average Bonchev–Trinajstić information content (AvgIpc) is 2.19. The van der Waals surface area contributed by atoms with Gasteiger partial charge in [-0.3, -0.25) is 5.41 Å². The number of benzene rings is 1. The van der Waals surface area contributed by atoms with Crippen LogP contribution < -0.4 is 11.1 Å². The highest BCUT2D eigenvalue weighted by Crippen LogP contribution is 2.08. The highest BCUT2D eigenvalue weighted by atomic mass is 16.5. The quantitative estimate of drug-likeness (QED) is 0.371. The molecule has 4 heteroatoms. The number of amidine groups is 1. The SMILES string of the molecule is COCCNc1ccc(C(=N)N)cc1. The molecule has 4 nitrogen and oxygen atoms in total. The number of methoxy groups -OCH3 is 1. The highest BCUT2D eigenvalue weighted by Gasteiger charge is 1.95. The van der Waals surface area contributed by atoms with E-state index in [0.717, 1.165) is 17.8 Å². The van der Waals surface area contributed by atoms with Crippen LogP contribution in [-0.4, -0.2) is 26.1 Å². The molecule has 0 aliphatic carbocycles. The molecule has 0 heterocycles. The topological polar surface area (TPSA) is 71.1 Å². The van der Waals surface area contributed by atoms with Crippen LogP contribution in [-0.2, 0) is 4.74 Å². The van der Waals surface area contributed by atoms with Crippen LogP contribution in [0.4, 0.5) is 5.69 Å². The molecule has 14 heavy (non-hydrogen) atoms. The van der Waals surface area contributed by atoms with E-state index in [1.165, 1.54) is 0 Å². The van der Waals surface area contributed by atoms with Gasteiger partial charge in [-0.2, -0.15) is 0 Å². The molecule has 4 N–H and O–H groups in total. The Balaban J connectivity index is 2.51. The van der Waals surface area contributed by atoms with Gasteiger partial charge in [-0.1, -0.05) is 0 Å². The zero-order valence-corrected chi connectivity index (χ0v) is 8.21. The smallest absolute Gasteiger partial charge is 0.122 e. The Bertz CT molecular complexity index is 295. The minimum Gasteiger partial charge on any atom is -0.384 e. The van der Waals surface area contributed by atoms with Gasteiger partial charge in [-0.25, -0.2) is 0 Å². The second-order valence-corrected chi connectivity index (χ2v) is 2.91. The first kappa shape index (κ1) is 10.5. The van der Waals surface area contributed by atoms with E-state index >= 15 is 0 Å². The lowest BCUT2D eigenvalue weighted by molar-refractivity contribution is 0.211. The predicted octanol–water partition coefficient (Wildman–Crippen LogP) is 1.03. The molecule has 0 aliphatic rings. The van der Waals surface area contributed by atoms with Gasteiger partial charge in [0.15, 0.2) is 0 Å². The Morgan fingerprint density at radius 3 is 2.57 bits per heavy atom. The summed E-state index contributed by atoms with van der Waals surface area (Å²) >= 11 is 0. The van der Waals surface area contributed by atoms with Crippen molar-refractivity contribution in [3.63, 3.8) is 0 Å². The van der Waals surface area contributed by atoms with Crippen LogP contribution in [0.15, 0.2) is 24.3 Å². The lowest BCUT2D eigenvalue weighted by Crippen LogP contribution is -2.11. The Labute approximate surface area is 83.6 Å². The lowest BCUT2D eigenvalue weighted by atomic mass is 10.2. The average molecular weight is 193 g/mol. The van der Waals surface area contributed by atoms with Crippen LogP contribution in [0.3, 0.4) is 0 Å².